The summed E-state index contributed by atoms with van der Waals surface area (Å²) in [5, 5.41) is 6.11. The highest BCUT2D eigenvalue weighted by atomic mass is 16.5. The van der Waals surface area contributed by atoms with Crippen molar-refractivity contribution >= 4 is 11.8 Å². The molecule has 1 heterocycles. The summed E-state index contributed by atoms with van der Waals surface area (Å²) in [6.07, 6.45) is 10.3. The van der Waals surface area contributed by atoms with Crippen LogP contribution in [0.5, 0.6) is 0 Å². The fourth-order valence-corrected chi connectivity index (χ4v) is 3.61. The van der Waals surface area contributed by atoms with Crippen molar-refractivity contribution in [3.8, 4) is 0 Å². The molecule has 2 N–H and O–H groups in total. The van der Waals surface area contributed by atoms with Crippen LogP contribution in [-0.4, -0.2) is 23.7 Å². The molecule has 2 amide bonds. The summed E-state index contributed by atoms with van der Waals surface area (Å²) in [4.78, 5) is 16.6. The Bertz CT molecular complexity index is 522. The zero-order chi connectivity index (χ0) is 15.4. The summed E-state index contributed by atoms with van der Waals surface area (Å²) in [6, 6.07) is 3.63. The maximum Gasteiger partial charge on any atom is 0.320 e. The lowest BCUT2D eigenvalue weighted by Gasteiger charge is -2.31. The van der Waals surface area contributed by atoms with Gasteiger partial charge in [-0.25, -0.2) is 9.78 Å². The third-order valence-corrected chi connectivity index (χ3v) is 4.96. The molecule has 0 aliphatic heterocycles. The predicted molar refractivity (Wildman–Crippen MR) is 85.6 cm³/mol. The predicted octanol–water partition coefficient (Wildman–Crippen LogP) is 3.46. The molecule has 5 nitrogen and oxygen atoms in total. The summed E-state index contributed by atoms with van der Waals surface area (Å²) >= 11 is 0. The van der Waals surface area contributed by atoms with Gasteiger partial charge < -0.3 is 10.1 Å². The Balaban J connectivity index is 1.61. The van der Waals surface area contributed by atoms with E-state index in [2.05, 4.69) is 15.6 Å². The van der Waals surface area contributed by atoms with Crippen molar-refractivity contribution in [1.82, 2.24) is 10.3 Å². The van der Waals surface area contributed by atoms with Gasteiger partial charge in [-0.05, 0) is 37.7 Å². The van der Waals surface area contributed by atoms with Crippen LogP contribution in [-0.2, 0) is 11.3 Å². The molecule has 0 bridgehead atoms. The summed E-state index contributed by atoms with van der Waals surface area (Å²) in [7, 11) is 1.64. The van der Waals surface area contributed by atoms with E-state index in [1.54, 1.807) is 13.3 Å². The number of rotatable bonds is 5. The second-order valence-corrected chi connectivity index (χ2v) is 6.51. The van der Waals surface area contributed by atoms with Gasteiger partial charge in [-0.1, -0.05) is 25.3 Å². The number of hydrogen-bond donors (Lipinski definition) is 2. The topological polar surface area (TPSA) is 63.2 Å². The molecule has 1 aromatic heterocycles. The highest BCUT2D eigenvalue weighted by Gasteiger charge is 2.50. The SMILES string of the molecule is COCc1cccnc1NC(=O)NC1(C2CCCCC2)CC1. The van der Waals surface area contributed by atoms with Crippen LogP contribution < -0.4 is 10.6 Å². The van der Waals surface area contributed by atoms with Gasteiger partial charge in [0.25, 0.3) is 0 Å². The Morgan fingerprint density at radius 1 is 1.36 bits per heavy atom. The van der Waals surface area contributed by atoms with E-state index in [4.69, 9.17) is 4.74 Å². The number of amides is 2. The Kier molecular flexibility index (Phi) is 4.62. The van der Waals surface area contributed by atoms with Gasteiger partial charge in [0.2, 0.25) is 0 Å². The van der Waals surface area contributed by atoms with Crippen LogP contribution in [0.25, 0.3) is 0 Å². The Morgan fingerprint density at radius 2 is 2.14 bits per heavy atom. The molecule has 0 aromatic carbocycles. The van der Waals surface area contributed by atoms with E-state index in [0.717, 1.165) is 18.4 Å². The van der Waals surface area contributed by atoms with Crippen LogP contribution in [0.2, 0.25) is 0 Å². The maximum atomic E-state index is 12.4. The van der Waals surface area contributed by atoms with Crippen LogP contribution in [0.1, 0.15) is 50.5 Å². The average Bonchev–Trinajstić information content (AvgIpc) is 3.31. The number of nitrogens with zero attached hydrogens (tertiary/aromatic N) is 1. The Hall–Kier alpha value is -1.62. The van der Waals surface area contributed by atoms with Crippen molar-refractivity contribution in [2.24, 2.45) is 5.92 Å². The first-order valence-electron chi connectivity index (χ1n) is 8.25. The Labute approximate surface area is 131 Å². The monoisotopic (exact) mass is 303 g/mol. The molecule has 120 valence electrons. The van der Waals surface area contributed by atoms with Gasteiger partial charge >= 0.3 is 6.03 Å². The average molecular weight is 303 g/mol. The van der Waals surface area contributed by atoms with Crippen LogP contribution in [0.4, 0.5) is 10.6 Å². The highest BCUT2D eigenvalue weighted by Crippen LogP contribution is 2.48. The molecular formula is C17H25N3O2. The first-order chi connectivity index (χ1) is 10.7. The van der Waals surface area contributed by atoms with Gasteiger partial charge in [0.15, 0.2) is 0 Å². The molecule has 3 rings (SSSR count). The van der Waals surface area contributed by atoms with Crippen molar-refractivity contribution < 1.29 is 9.53 Å². The second kappa shape index (κ2) is 6.65. The van der Waals surface area contributed by atoms with E-state index in [9.17, 15) is 4.79 Å². The molecule has 0 unspecified atom stereocenters. The summed E-state index contributed by atoms with van der Waals surface area (Å²) < 4.78 is 5.15. The summed E-state index contributed by atoms with van der Waals surface area (Å²) in [6.45, 7) is 0.442. The van der Waals surface area contributed by atoms with Gasteiger partial charge in [0.05, 0.1) is 6.61 Å². The number of carbonyl (C=O) groups excluding carboxylic acids is 1. The lowest BCUT2D eigenvalue weighted by Crippen LogP contribution is -2.45. The lowest BCUT2D eigenvalue weighted by molar-refractivity contribution is 0.185. The molecule has 2 aliphatic carbocycles. The number of hydrogen-bond acceptors (Lipinski definition) is 3. The molecular weight excluding hydrogens is 278 g/mol. The number of carbonyl (C=O) groups is 1. The smallest absolute Gasteiger partial charge is 0.320 e. The lowest BCUT2D eigenvalue weighted by atomic mass is 9.82. The largest absolute Gasteiger partial charge is 0.380 e. The molecule has 2 saturated carbocycles. The van der Waals surface area contributed by atoms with Crippen molar-refractivity contribution in [2.45, 2.75) is 57.1 Å². The van der Waals surface area contributed by atoms with Crippen molar-refractivity contribution in [3.05, 3.63) is 23.9 Å². The molecule has 5 heteroatoms. The summed E-state index contributed by atoms with van der Waals surface area (Å²) in [5.41, 5.74) is 0.934. The van der Waals surface area contributed by atoms with Crippen LogP contribution in [0.3, 0.4) is 0 Å². The van der Waals surface area contributed by atoms with E-state index >= 15 is 0 Å². The van der Waals surface area contributed by atoms with Gasteiger partial charge in [-0.15, -0.1) is 0 Å². The highest BCUT2D eigenvalue weighted by molar-refractivity contribution is 5.89. The minimum absolute atomic E-state index is 0.0424. The standard InChI is InChI=1S/C17H25N3O2/c1-22-12-13-6-5-11-18-15(13)19-16(21)20-17(9-10-17)14-7-3-2-4-8-14/h5-6,11,14H,2-4,7-10,12H2,1H3,(H2,18,19,20,21). The molecule has 0 atom stereocenters. The molecule has 0 spiro atoms. The summed E-state index contributed by atoms with van der Waals surface area (Å²) in [5.74, 6) is 1.23. The quantitative estimate of drug-likeness (QED) is 0.875. The van der Waals surface area contributed by atoms with Crippen molar-refractivity contribution in [3.63, 3.8) is 0 Å². The zero-order valence-electron chi connectivity index (χ0n) is 13.2. The van der Waals surface area contributed by atoms with Crippen LogP contribution in [0.15, 0.2) is 18.3 Å². The number of ether oxygens (including phenoxy) is 1. The van der Waals surface area contributed by atoms with Crippen molar-refractivity contribution in [2.75, 3.05) is 12.4 Å². The van der Waals surface area contributed by atoms with E-state index < -0.39 is 0 Å². The van der Waals surface area contributed by atoms with E-state index in [0.29, 0.717) is 18.3 Å². The fraction of sp³-hybridized carbons (Fsp3) is 0.647. The van der Waals surface area contributed by atoms with Gasteiger partial charge in [0, 0.05) is 24.4 Å². The third-order valence-electron chi connectivity index (χ3n) is 4.96. The van der Waals surface area contributed by atoms with E-state index in [1.165, 1.54) is 32.1 Å². The molecule has 22 heavy (non-hydrogen) atoms. The van der Waals surface area contributed by atoms with Gasteiger partial charge in [-0.3, -0.25) is 5.32 Å². The van der Waals surface area contributed by atoms with Gasteiger partial charge in [-0.2, -0.15) is 0 Å². The van der Waals surface area contributed by atoms with E-state index in [1.807, 2.05) is 12.1 Å². The minimum atomic E-state index is -0.140. The number of pyridine rings is 1. The van der Waals surface area contributed by atoms with Crippen LogP contribution in [0, 0.1) is 5.92 Å². The van der Waals surface area contributed by atoms with Crippen molar-refractivity contribution in [1.29, 1.82) is 0 Å². The first-order valence-corrected chi connectivity index (χ1v) is 8.25. The molecule has 2 fully saturated rings. The first kappa shape index (κ1) is 15.3. The molecule has 0 saturated heterocycles. The minimum Gasteiger partial charge on any atom is -0.380 e. The number of urea groups is 1. The van der Waals surface area contributed by atoms with Gasteiger partial charge in [0.1, 0.15) is 5.82 Å². The zero-order valence-corrected chi connectivity index (χ0v) is 13.2. The Morgan fingerprint density at radius 3 is 2.82 bits per heavy atom. The normalized spacial score (nSPS) is 20.4. The molecule has 0 radical (unpaired) electrons. The number of methoxy groups -OCH3 is 1. The number of aromatic nitrogens is 1. The molecule has 1 aromatic rings. The maximum absolute atomic E-state index is 12.4. The molecule has 2 aliphatic rings. The van der Waals surface area contributed by atoms with Crippen LogP contribution >= 0.6 is 0 Å². The third kappa shape index (κ3) is 3.40. The van der Waals surface area contributed by atoms with E-state index in [-0.39, 0.29) is 11.6 Å². The fourth-order valence-electron chi connectivity index (χ4n) is 3.61. The number of nitrogens with one attached hydrogen (secondary N) is 2. The number of anilines is 1. The second-order valence-electron chi connectivity index (χ2n) is 6.51.